The second-order valence-corrected chi connectivity index (χ2v) is 5.10. The third kappa shape index (κ3) is 1.81. The summed E-state index contributed by atoms with van der Waals surface area (Å²) in [5.74, 6) is -0.232. The van der Waals surface area contributed by atoms with Gasteiger partial charge >= 0.3 is 0 Å². The van der Waals surface area contributed by atoms with Crippen molar-refractivity contribution in [2.45, 2.75) is 31.3 Å². The summed E-state index contributed by atoms with van der Waals surface area (Å²) in [5.41, 5.74) is 0.452. The van der Waals surface area contributed by atoms with Crippen molar-refractivity contribution in [2.24, 2.45) is 5.92 Å². The molecule has 2 bridgehead atoms. The summed E-state index contributed by atoms with van der Waals surface area (Å²) >= 11 is 0. The molecule has 0 saturated carbocycles. The van der Waals surface area contributed by atoms with E-state index in [9.17, 15) is 9.18 Å². The Balaban J connectivity index is 1.82. The molecule has 3 rings (SSSR count). The van der Waals surface area contributed by atoms with Crippen LogP contribution in [0.4, 0.5) is 4.39 Å². The fraction of sp³-hybridized carbons (Fsp3) is 0.500. The number of carbonyl (C=O) groups is 1. The largest absolute Gasteiger partial charge is 0.494 e. The van der Waals surface area contributed by atoms with Gasteiger partial charge in [0.2, 0.25) is 0 Å². The molecule has 2 fully saturated rings. The number of methoxy groups -OCH3 is 1. The van der Waals surface area contributed by atoms with E-state index in [1.165, 1.54) is 19.2 Å². The van der Waals surface area contributed by atoms with Crippen molar-refractivity contribution in [1.82, 2.24) is 5.32 Å². The number of rotatable bonds is 3. The Morgan fingerprint density at radius 1 is 1.44 bits per heavy atom. The zero-order valence-corrected chi connectivity index (χ0v) is 10.3. The van der Waals surface area contributed by atoms with Gasteiger partial charge in [0, 0.05) is 23.6 Å². The molecule has 0 amide bonds. The van der Waals surface area contributed by atoms with Crippen LogP contribution in [-0.2, 0) is 0 Å². The fourth-order valence-electron chi connectivity index (χ4n) is 3.15. The van der Waals surface area contributed by atoms with Crippen LogP contribution in [0.3, 0.4) is 0 Å². The summed E-state index contributed by atoms with van der Waals surface area (Å²) < 4.78 is 18.4. The Morgan fingerprint density at radius 2 is 2.28 bits per heavy atom. The fourth-order valence-corrected chi connectivity index (χ4v) is 3.15. The quantitative estimate of drug-likeness (QED) is 0.834. The number of nitrogens with one attached hydrogen (secondary N) is 1. The molecule has 0 radical (unpaired) electrons. The number of hydrogen-bond acceptors (Lipinski definition) is 3. The van der Waals surface area contributed by atoms with Gasteiger partial charge in [-0.1, -0.05) is 0 Å². The van der Waals surface area contributed by atoms with Crippen molar-refractivity contribution in [3.8, 4) is 5.75 Å². The molecule has 0 spiro atoms. The Kier molecular flexibility index (Phi) is 2.82. The predicted octanol–water partition coefficient (Wildman–Crippen LogP) is 2.16. The number of ketones is 1. The molecule has 3 nitrogen and oxygen atoms in total. The molecule has 2 saturated heterocycles. The standard InChI is InChI=1S/C14H16FNO2/c1-18-13-5-2-8(6-11(13)15)14(17)10-7-9-3-4-12(10)16-9/h2,5-6,9-10,12,16H,3-4,7H2,1H3. The lowest BCUT2D eigenvalue weighted by Gasteiger charge is -2.18. The van der Waals surface area contributed by atoms with Gasteiger partial charge in [-0.2, -0.15) is 0 Å². The molecule has 2 aliphatic rings. The van der Waals surface area contributed by atoms with Crippen LogP contribution in [0.5, 0.6) is 5.75 Å². The number of hydrogen-bond donors (Lipinski definition) is 1. The second-order valence-electron chi connectivity index (χ2n) is 5.10. The molecule has 96 valence electrons. The van der Waals surface area contributed by atoms with Crippen molar-refractivity contribution in [3.63, 3.8) is 0 Å². The third-order valence-corrected chi connectivity index (χ3v) is 4.07. The highest BCUT2D eigenvalue weighted by atomic mass is 19.1. The highest BCUT2D eigenvalue weighted by Crippen LogP contribution is 2.35. The number of Topliss-reactive ketones (excluding diaryl/α,β-unsaturated/α-hetero) is 1. The maximum Gasteiger partial charge on any atom is 0.167 e. The van der Waals surface area contributed by atoms with Crippen molar-refractivity contribution < 1.29 is 13.9 Å². The van der Waals surface area contributed by atoms with Crippen LogP contribution in [0.25, 0.3) is 0 Å². The van der Waals surface area contributed by atoms with E-state index in [0.717, 1.165) is 19.3 Å². The van der Waals surface area contributed by atoms with E-state index < -0.39 is 5.82 Å². The lowest BCUT2D eigenvalue weighted by atomic mass is 9.84. The third-order valence-electron chi connectivity index (χ3n) is 4.07. The summed E-state index contributed by atoms with van der Waals surface area (Å²) in [7, 11) is 1.42. The summed E-state index contributed by atoms with van der Waals surface area (Å²) in [6.07, 6.45) is 3.10. The molecule has 2 aliphatic heterocycles. The minimum Gasteiger partial charge on any atom is -0.494 e. The van der Waals surface area contributed by atoms with Crippen LogP contribution in [0.1, 0.15) is 29.6 Å². The minimum absolute atomic E-state index is 0.0107. The zero-order chi connectivity index (χ0) is 12.7. The monoisotopic (exact) mass is 249 g/mol. The van der Waals surface area contributed by atoms with E-state index in [1.807, 2.05) is 0 Å². The molecule has 0 aliphatic carbocycles. The first-order valence-corrected chi connectivity index (χ1v) is 6.33. The minimum atomic E-state index is -0.473. The molecule has 1 aromatic carbocycles. The Morgan fingerprint density at radius 3 is 2.83 bits per heavy atom. The average molecular weight is 249 g/mol. The molecule has 0 aromatic heterocycles. The van der Waals surface area contributed by atoms with Crippen LogP contribution in [0, 0.1) is 11.7 Å². The van der Waals surface area contributed by atoms with Gasteiger partial charge in [0.05, 0.1) is 7.11 Å². The first-order valence-electron chi connectivity index (χ1n) is 6.33. The highest BCUT2D eigenvalue weighted by Gasteiger charge is 2.42. The van der Waals surface area contributed by atoms with Gasteiger partial charge < -0.3 is 10.1 Å². The number of fused-ring (bicyclic) bond motifs is 2. The molecular formula is C14H16FNO2. The summed E-state index contributed by atoms with van der Waals surface area (Å²) in [6.45, 7) is 0. The Hall–Kier alpha value is -1.42. The molecule has 3 unspecified atom stereocenters. The summed E-state index contributed by atoms with van der Waals surface area (Å²) in [5, 5.41) is 3.43. The summed E-state index contributed by atoms with van der Waals surface area (Å²) in [6, 6.07) is 5.21. The van der Waals surface area contributed by atoms with Crippen LogP contribution < -0.4 is 10.1 Å². The molecule has 1 N–H and O–H groups in total. The van der Waals surface area contributed by atoms with Gasteiger partial charge in [-0.05, 0) is 37.5 Å². The van der Waals surface area contributed by atoms with Gasteiger partial charge in [0.15, 0.2) is 17.3 Å². The van der Waals surface area contributed by atoms with E-state index >= 15 is 0 Å². The highest BCUT2D eigenvalue weighted by molar-refractivity contribution is 5.98. The normalized spacial score (nSPS) is 29.6. The molecule has 1 aromatic rings. The molecular weight excluding hydrogens is 233 g/mol. The smallest absolute Gasteiger partial charge is 0.167 e. The Labute approximate surface area is 105 Å². The van der Waals surface area contributed by atoms with E-state index in [1.54, 1.807) is 6.07 Å². The number of ether oxygens (including phenoxy) is 1. The SMILES string of the molecule is COc1ccc(C(=O)C2CC3CCC2N3)cc1F. The molecule has 4 heteroatoms. The van der Waals surface area contributed by atoms with Gasteiger partial charge in [-0.25, -0.2) is 4.39 Å². The van der Waals surface area contributed by atoms with E-state index in [4.69, 9.17) is 4.74 Å². The summed E-state index contributed by atoms with van der Waals surface area (Å²) in [4.78, 5) is 12.3. The lowest BCUT2D eigenvalue weighted by molar-refractivity contribution is 0.0900. The van der Waals surface area contributed by atoms with Gasteiger partial charge in [0.1, 0.15) is 0 Å². The predicted molar refractivity (Wildman–Crippen MR) is 65.3 cm³/mol. The van der Waals surface area contributed by atoms with Gasteiger partial charge in [-0.15, -0.1) is 0 Å². The molecule has 3 atom stereocenters. The maximum atomic E-state index is 13.6. The maximum absolute atomic E-state index is 13.6. The molecule has 18 heavy (non-hydrogen) atoms. The lowest BCUT2D eigenvalue weighted by Crippen LogP contribution is -2.28. The van der Waals surface area contributed by atoms with Crippen molar-refractivity contribution >= 4 is 5.78 Å². The topological polar surface area (TPSA) is 38.3 Å². The van der Waals surface area contributed by atoms with Gasteiger partial charge in [-0.3, -0.25) is 4.79 Å². The molecule has 2 heterocycles. The number of halogens is 1. The second kappa shape index (κ2) is 4.35. The van der Waals surface area contributed by atoms with Gasteiger partial charge in [0.25, 0.3) is 0 Å². The van der Waals surface area contributed by atoms with Crippen molar-refractivity contribution in [2.75, 3.05) is 7.11 Å². The van der Waals surface area contributed by atoms with Crippen molar-refractivity contribution in [3.05, 3.63) is 29.6 Å². The van der Waals surface area contributed by atoms with Crippen LogP contribution in [0.2, 0.25) is 0 Å². The average Bonchev–Trinajstić information content (AvgIpc) is 3.00. The first-order chi connectivity index (χ1) is 8.69. The van der Waals surface area contributed by atoms with Crippen LogP contribution in [-0.4, -0.2) is 25.0 Å². The first kappa shape index (κ1) is 11.7. The van der Waals surface area contributed by atoms with Crippen LogP contribution in [0.15, 0.2) is 18.2 Å². The zero-order valence-electron chi connectivity index (χ0n) is 10.3. The number of benzene rings is 1. The van der Waals surface area contributed by atoms with E-state index in [0.29, 0.717) is 11.6 Å². The van der Waals surface area contributed by atoms with Crippen LogP contribution >= 0.6 is 0 Å². The number of carbonyl (C=O) groups excluding carboxylic acids is 1. The van der Waals surface area contributed by atoms with E-state index in [2.05, 4.69) is 5.32 Å². The van der Waals surface area contributed by atoms with E-state index in [-0.39, 0.29) is 23.5 Å². The Bertz CT molecular complexity index is 489. The van der Waals surface area contributed by atoms with Crippen molar-refractivity contribution in [1.29, 1.82) is 0 Å².